The molecule has 0 aliphatic rings. The van der Waals surface area contributed by atoms with E-state index in [2.05, 4.69) is 51.8 Å². The molecule has 3 rings (SSSR count). The molecule has 0 aromatic carbocycles. The number of aromatic nitrogens is 5. The lowest BCUT2D eigenvalue weighted by atomic mass is 10.1. The van der Waals surface area contributed by atoms with Crippen LogP contribution in [0, 0.1) is 13.8 Å². The molecule has 0 radical (unpaired) electrons. The number of pyridine rings is 1. The van der Waals surface area contributed by atoms with Gasteiger partial charge in [-0.05, 0) is 40.9 Å². The van der Waals surface area contributed by atoms with Gasteiger partial charge in [0.1, 0.15) is 10.1 Å². The third-order valence-electron chi connectivity index (χ3n) is 3.43. The highest BCUT2D eigenvalue weighted by Gasteiger charge is 2.16. The van der Waals surface area contributed by atoms with Crippen LogP contribution >= 0.6 is 31.9 Å². The zero-order valence-electron chi connectivity index (χ0n) is 11.9. The summed E-state index contributed by atoms with van der Waals surface area (Å²) in [6.45, 7) is 4.46. The van der Waals surface area contributed by atoms with E-state index in [1.807, 2.05) is 20.0 Å². The number of fused-ring (bicyclic) bond motifs is 1. The third kappa shape index (κ3) is 2.44. The van der Waals surface area contributed by atoms with E-state index in [-0.39, 0.29) is 5.95 Å². The molecule has 3 heterocycles. The number of rotatable bonds is 2. The number of nitrogen functional groups attached to an aromatic ring is 2. The van der Waals surface area contributed by atoms with E-state index < -0.39 is 0 Å². The molecular formula is C13H13Br2N7. The summed E-state index contributed by atoms with van der Waals surface area (Å²) in [5, 5.41) is 0. The van der Waals surface area contributed by atoms with Crippen LogP contribution in [0.5, 0.6) is 0 Å². The number of halogens is 2. The Morgan fingerprint density at radius 3 is 2.59 bits per heavy atom. The number of hydrogen-bond acceptors (Lipinski definition) is 6. The fourth-order valence-electron chi connectivity index (χ4n) is 2.22. The van der Waals surface area contributed by atoms with Crippen molar-refractivity contribution >= 4 is 54.9 Å². The van der Waals surface area contributed by atoms with Gasteiger partial charge in [-0.3, -0.25) is 9.55 Å². The van der Waals surface area contributed by atoms with Crippen molar-refractivity contribution in [1.82, 2.24) is 24.5 Å². The Morgan fingerprint density at radius 2 is 1.86 bits per heavy atom. The molecule has 0 bridgehead atoms. The molecule has 9 heteroatoms. The minimum atomic E-state index is 0.162. The van der Waals surface area contributed by atoms with Crippen molar-refractivity contribution in [2.75, 3.05) is 11.5 Å². The lowest BCUT2D eigenvalue weighted by Gasteiger charge is -2.11. The van der Waals surface area contributed by atoms with Crippen LogP contribution in [0.4, 0.5) is 11.9 Å². The Kier molecular flexibility index (Phi) is 3.77. The molecule has 0 fully saturated rings. The van der Waals surface area contributed by atoms with Gasteiger partial charge in [-0.2, -0.15) is 4.98 Å². The number of hydrogen-bond donors (Lipinski definition) is 2. The first kappa shape index (κ1) is 15.2. The second kappa shape index (κ2) is 5.47. The van der Waals surface area contributed by atoms with Crippen LogP contribution in [0.3, 0.4) is 0 Å². The maximum Gasteiger partial charge on any atom is 0.223 e. The molecule has 0 unspecified atom stereocenters. The van der Waals surface area contributed by atoms with Crippen molar-refractivity contribution in [3.05, 3.63) is 32.1 Å². The molecular weight excluding hydrogens is 414 g/mol. The summed E-state index contributed by atoms with van der Waals surface area (Å²) in [5.74, 6) is 0.504. The molecule has 0 amide bonds. The number of nitrogens with two attached hydrogens (primary N) is 2. The van der Waals surface area contributed by atoms with E-state index in [9.17, 15) is 0 Å². The van der Waals surface area contributed by atoms with Gasteiger partial charge in [-0.25, -0.2) is 9.97 Å². The Balaban J connectivity index is 2.16. The lowest BCUT2D eigenvalue weighted by Crippen LogP contribution is -2.09. The molecule has 0 atom stereocenters. The van der Waals surface area contributed by atoms with E-state index >= 15 is 0 Å². The molecule has 7 nitrogen and oxygen atoms in total. The SMILES string of the molecule is Cc1cnc(Cn2c(N)nc3c(Br)nc(N)nc32)c(C)c1Br. The molecule has 0 saturated carbocycles. The van der Waals surface area contributed by atoms with Crippen molar-refractivity contribution in [1.29, 1.82) is 0 Å². The Hall–Kier alpha value is -1.74. The van der Waals surface area contributed by atoms with E-state index in [1.54, 1.807) is 4.57 Å². The first-order valence-corrected chi connectivity index (χ1v) is 8.02. The Morgan fingerprint density at radius 1 is 1.14 bits per heavy atom. The molecule has 3 aromatic heterocycles. The second-order valence-electron chi connectivity index (χ2n) is 4.93. The smallest absolute Gasteiger partial charge is 0.223 e. The number of imidazole rings is 1. The Bertz CT molecular complexity index is 888. The summed E-state index contributed by atoms with van der Waals surface area (Å²) in [6, 6.07) is 0. The normalized spacial score (nSPS) is 11.3. The fraction of sp³-hybridized carbons (Fsp3) is 0.231. The van der Waals surface area contributed by atoms with Gasteiger partial charge in [0.15, 0.2) is 5.65 Å². The predicted octanol–water partition coefficient (Wildman–Crippen LogP) is 2.58. The van der Waals surface area contributed by atoms with Crippen molar-refractivity contribution in [2.45, 2.75) is 20.4 Å². The molecule has 4 N–H and O–H groups in total. The topological polar surface area (TPSA) is 109 Å². The van der Waals surface area contributed by atoms with Crippen molar-refractivity contribution in [2.24, 2.45) is 0 Å². The zero-order chi connectivity index (χ0) is 16.0. The van der Waals surface area contributed by atoms with Gasteiger partial charge in [-0.15, -0.1) is 0 Å². The first-order chi connectivity index (χ1) is 10.4. The van der Waals surface area contributed by atoms with Crippen LogP contribution in [0.2, 0.25) is 0 Å². The lowest BCUT2D eigenvalue weighted by molar-refractivity contribution is 0.790. The first-order valence-electron chi connectivity index (χ1n) is 6.43. The number of nitrogens with zero attached hydrogens (tertiary/aromatic N) is 5. The van der Waals surface area contributed by atoms with Crippen molar-refractivity contribution in [3.8, 4) is 0 Å². The quantitative estimate of drug-likeness (QED) is 0.609. The fourth-order valence-corrected chi connectivity index (χ4v) is 2.99. The van der Waals surface area contributed by atoms with E-state index in [1.165, 1.54) is 0 Å². The van der Waals surface area contributed by atoms with Gasteiger partial charge in [0.25, 0.3) is 0 Å². The van der Waals surface area contributed by atoms with Crippen molar-refractivity contribution < 1.29 is 0 Å². The van der Waals surface area contributed by atoms with Gasteiger partial charge in [0, 0.05) is 10.7 Å². The molecule has 114 valence electrons. The maximum atomic E-state index is 6.02. The zero-order valence-corrected chi connectivity index (χ0v) is 15.1. The third-order valence-corrected chi connectivity index (χ3v) is 5.20. The number of anilines is 2. The summed E-state index contributed by atoms with van der Waals surface area (Å²) >= 11 is 6.91. The highest BCUT2D eigenvalue weighted by atomic mass is 79.9. The van der Waals surface area contributed by atoms with Crippen molar-refractivity contribution in [3.63, 3.8) is 0 Å². The summed E-state index contributed by atoms with van der Waals surface area (Å²) in [5.41, 5.74) is 15.9. The molecule has 22 heavy (non-hydrogen) atoms. The molecule has 0 saturated heterocycles. The summed E-state index contributed by atoms with van der Waals surface area (Å²) in [6.07, 6.45) is 1.82. The summed E-state index contributed by atoms with van der Waals surface area (Å²) in [7, 11) is 0. The summed E-state index contributed by atoms with van der Waals surface area (Å²) < 4.78 is 3.33. The van der Waals surface area contributed by atoms with Crippen LogP contribution in [0.1, 0.15) is 16.8 Å². The largest absolute Gasteiger partial charge is 0.369 e. The van der Waals surface area contributed by atoms with Gasteiger partial charge in [-0.1, -0.05) is 15.9 Å². The average molecular weight is 427 g/mol. The van der Waals surface area contributed by atoms with E-state index in [0.29, 0.717) is 28.3 Å². The maximum absolute atomic E-state index is 6.02. The summed E-state index contributed by atoms with van der Waals surface area (Å²) in [4.78, 5) is 17.1. The van der Waals surface area contributed by atoms with Gasteiger partial charge in [0.2, 0.25) is 11.9 Å². The van der Waals surface area contributed by atoms with Gasteiger partial charge in [0.05, 0.1) is 12.2 Å². The van der Waals surface area contributed by atoms with Crippen LogP contribution in [0.15, 0.2) is 15.3 Å². The number of aryl methyl sites for hydroxylation is 1. The van der Waals surface area contributed by atoms with Crippen LogP contribution < -0.4 is 11.5 Å². The Labute approximate surface area is 143 Å². The average Bonchev–Trinajstić information content (AvgIpc) is 2.76. The molecule has 0 spiro atoms. The van der Waals surface area contributed by atoms with E-state index in [0.717, 1.165) is 21.3 Å². The highest BCUT2D eigenvalue weighted by molar-refractivity contribution is 9.10. The minimum absolute atomic E-state index is 0.162. The monoisotopic (exact) mass is 425 g/mol. The van der Waals surface area contributed by atoms with E-state index in [4.69, 9.17) is 11.5 Å². The van der Waals surface area contributed by atoms with Gasteiger partial charge < -0.3 is 11.5 Å². The van der Waals surface area contributed by atoms with Gasteiger partial charge >= 0.3 is 0 Å². The van der Waals surface area contributed by atoms with Crippen LogP contribution in [-0.4, -0.2) is 24.5 Å². The molecule has 0 aliphatic carbocycles. The van der Waals surface area contributed by atoms with Crippen LogP contribution in [-0.2, 0) is 6.54 Å². The van der Waals surface area contributed by atoms with Crippen LogP contribution in [0.25, 0.3) is 11.2 Å². The standard InChI is InChI=1S/C13H13Br2N7/c1-5-3-18-7(6(2)8(5)14)4-22-11-9(19-13(22)17)10(15)20-12(16)21-11/h3H,4H2,1-2H3,(H2,17,19)(H2,16,20,21). The molecule has 0 aliphatic heterocycles. The minimum Gasteiger partial charge on any atom is -0.369 e. The predicted molar refractivity (Wildman–Crippen MR) is 92.4 cm³/mol. The molecule has 3 aromatic rings. The second-order valence-corrected chi connectivity index (χ2v) is 6.47. The highest BCUT2D eigenvalue weighted by Crippen LogP contribution is 2.27.